The Morgan fingerprint density at radius 3 is 2.29 bits per heavy atom. The van der Waals surface area contributed by atoms with E-state index in [4.69, 9.17) is 9.66 Å². The molecular weight excluding hydrogens is 542 g/mol. The number of hydrogen-bond donors (Lipinski definition) is 5. The van der Waals surface area contributed by atoms with Crippen LogP contribution in [0.5, 0.6) is 17.2 Å². The molecule has 38 heavy (non-hydrogen) atoms. The average Bonchev–Trinajstić information content (AvgIpc) is 2.77. The minimum atomic E-state index is -5.04. The van der Waals surface area contributed by atoms with E-state index in [9.17, 15) is 36.4 Å². The van der Waals surface area contributed by atoms with Crippen molar-refractivity contribution < 1.29 is 50.2 Å². The topological polar surface area (TPSA) is 208 Å². The van der Waals surface area contributed by atoms with Crippen LogP contribution < -0.4 is 4.18 Å². The van der Waals surface area contributed by atoms with Gasteiger partial charge in [-0.25, -0.2) is 0 Å². The minimum Gasteiger partial charge on any atom is -0.504 e. The fourth-order valence-electron chi connectivity index (χ4n) is 3.36. The zero-order valence-electron chi connectivity index (χ0n) is 21.5. The second-order valence-electron chi connectivity index (χ2n) is 8.95. The fraction of sp³-hybridized carbons (Fsp3) is 0.500. The first kappa shape index (κ1) is 33.1. The Morgan fingerprint density at radius 1 is 1.08 bits per heavy atom. The van der Waals surface area contributed by atoms with Gasteiger partial charge < -0.3 is 19.5 Å². The van der Waals surface area contributed by atoms with Gasteiger partial charge in [0.1, 0.15) is 0 Å². The number of phenols is 2. The molecule has 1 atom stereocenters. The van der Waals surface area contributed by atoms with E-state index in [0.29, 0.717) is 19.3 Å². The summed E-state index contributed by atoms with van der Waals surface area (Å²) in [6.07, 6.45) is 8.25. The zero-order chi connectivity index (χ0) is 29.1. The fourth-order valence-corrected chi connectivity index (χ4v) is 4.11. The van der Waals surface area contributed by atoms with E-state index in [1.165, 1.54) is 0 Å². The predicted octanol–water partition coefficient (Wildman–Crippen LogP) is 3.69. The van der Waals surface area contributed by atoms with Gasteiger partial charge in [-0.3, -0.25) is 18.9 Å². The molecule has 0 bridgehead atoms. The van der Waals surface area contributed by atoms with E-state index in [1.54, 1.807) is 13.0 Å². The molecule has 5 N–H and O–H groups in total. The van der Waals surface area contributed by atoms with Crippen molar-refractivity contribution in [3.63, 3.8) is 0 Å². The maximum absolute atomic E-state index is 11.4. The van der Waals surface area contributed by atoms with E-state index < -0.39 is 61.6 Å². The molecule has 0 fully saturated rings. The molecule has 0 aromatic heterocycles. The van der Waals surface area contributed by atoms with Gasteiger partial charge in [0.05, 0.1) is 23.8 Å². The molecule has 12 nitrogen and oxygen atoms in total. The first-order chi connectivity index (χ1) is 17.5. The molecule has 0 saturated heterocycles. The van der Waals surface area contributed by atoms with Gasteiger partial charge in [0.2, 0.25) is 0 Å². The van der Waals surface area contributed by atoms with Gasteiger partial charge in [-0.15, -0.1) is 0 Å². The number of carboxylic acid groups (broad SMARTS) is 1. The molecule has 0 radical (unpaired) electrons. The van der Waals surface area contributed by atoms with Crippen LogP contribution in [-0.2, 0) is 31.7 Å². The number of phenolic OH excluding ortho intramolecular Hbond substituents is 2. The first-order valence-electron chi connectivity index (χ1n) is 11.7. The van der Waals surface area contributed by atoms with Crippen molar-refractivity contribution in [2.24, 2.45) is 10.9 Å². The molecule has 1 aromatic carbocycles. The molecule has 214 valence electrons. The third-order valence-corrected chi connectivity index (χ3v) is 6.64. The Kier molecular flexibility index (Phi) is 12.9. The van der Waals surface area contributed by atoms with Crippen molar-refractivity contribution >= 4 is 32.7 Å². The molecule has 14 heteroatoms. The summed E-state index contributed by atoms with van der Waals surface area (Å²) >= 11 is 0. The Hall–Kier alpha value is -2.94. The highest BCUT2D eigenvalue weighted by Crippen LogP contribution is 2.39. The first-order valence-corrected chi connectivity index (χ1v) is 14.7. The van der Waals surface area contributed by atoms with E-state index in [2.05, 4.69) is 15.3 Å². The number of benzene rings is 1. The van der Waals surface area contributed by atoms with Gasteiger partial charge in [0.15, 0.2) is 17.2 Å². The Balaban J connectivity index is 3.02. The molecule has 0 aliphatic carbocycles. The van der Waals surface area contributed by atoms with Crippen LogP contribution >= 0.6 is 0 Å². The molecule has 0 saturated carbocycles. The van der Waals surface area contributed by atoms with E-state index in [0.717, 1.165) is 36.3 Å². The molecule has 0 aliphatic rings. The number of aliphatic imine (C=N–C) groups is 1. The second kappa shape index (κ2) is 14.9. The van der Waals surface area contributed by atoms with Crippen LogP contribution in [0.25, 0.3) is 0 Å². The Morgan fingerprint density at radius 2 is 1.71 bits per heavy atom. The number of carboxylic acids is 1. The average molecular weight is 578 g/mol. The summed E-state index contributed by atoms with van der Waals surface area (Å²) in [4.78, 5) is 14.6. The Bertz CT molecular complexity index is 1280. The van der Waals surface area contributed by atoms with Crippen LogP contribution in [0.15, 0.2) is 34.4 Å². The van der Waals surface area contributed by atoms with Crippen LogP contribution in [0, 0.1) is 5.92 Å². The van der Waals surface area contributed by atoms with E-state index in [1.807, 2.05) is 13.8 Å². The SMILES string of the molecule is C/C(=C\Cc1cc(O)c(O)c(C=NCCS(=O)(=O)O)c1OS(=O)(=O)O)CC/C=C(\C)CCCC(C)C(=O)O. The standard InChI is InChI=1S/C24H35NO11S2/c1-16(8-5-9-18(3)24(28)29)6-4-7-17(2)10-11-19-14-21(26)22(27)20(23(19)36-38(33,34)35)15-25-12-13-37(30,31)32/h6,10,14-15,18,26-27H,4-5,7-9,11-13H2,1-3H3,(H,28,29)(H,30,31,32)(H,33,34,35)/b16-6+,17-10+,25-15?. The van der Waals surface area contributed by atoms with Crippen LogP contribution in [-0.4, -0.2) is 65.7 Å². The largest absolute Gasteiger partial charge is 0.504 e. The molecule has 0 heterocycles. The molecule has 1 rings (SSSR count). The predicted molar refractivity (Wildman–Crippen MR) is 142 cm³/mol. The summed E-state index contributed by atoms with van der Waals surface area (Å²) < 4.78 is 67.2. The summed E-state index contributed by atoms with van der Waals surface area (Å²) in [5, 5.41) is 29.3. The summed E-state index contributed by atoms with van der Waals surface area (Å²) in [7, 11) is -9.35. The Labute approximate surface area is 223 Å². The molecular formula is C24H35NO11S2. The zero-order valence-corrected chi connectivity index (χ0v) is 23.1. The highest BCUT2D eigenvalue weighted by atomic mass is 32.3. The van der Waals surface area contributed by atoms with Crippen LogP contribution in [0.1, 0.15) is 64.0 Å². The summed E-state index contributed by atoms with van der Waals surface area (Å²) in [6.45, 7) is 5.06. The van der Waals surface area contributed by atoms with Crippen LogP contribution in [0.2, 0.25) is 0 Å². The van der Waals surface area contributed by atoms with Gasteiger partial charge in [0, 0.05) is 11.8 Å². The maximum Gasteiger partial charge on any atom is 0.446 e. The van der Waals surface area contributed by atoms with Gasteiger partial charge >= 0.3 is 16.4 Å². The quantitative estimate of drug-likeness (QED) is 0.0828. The number of hydrogen-bond acceptors (Lipinski definition) is 9. The highest BCUT2D eigenvalue weighted by molar-refractivity contribution is 7.85. The molecule has 0 amide bonds. The lowest BCUT2D eigenvalue weighted by molar-refractivity contribution is -0.141. The van der Waals surface area contributed by atoms with Gasteiger partial charge in [-0.05, 0) is 58.4 Å². The smallest absolute Gasteiger partial charge is 0.446 e. The van der Waals surface area contributed by atoms with Gasteiger partial charge in [-0.1, -0.05) is 30.2 Å². The third-order valence-electron chi connectivity index (χ3n) is 5.56. The molecule has 1 aromatic rings. The summed E-state index contributed by atoms with van der Waals surface area (Å²) in [5.41, 5.74) is 1.74. The number of aliphatic carboxylic acids is 1. The van der Waals surface area contributed by atoms with Crippen molar-refractivity contribution in [3.8, 4) is 17.2 Å². The monoisotopic (exact) mass is 577 g/mol. The normalized spacial score (nSPS) is 14.1. The molecule has 0 aliphatic heterocycles. The number of nitrogens with zero attached hydrogens (tertiary/aromatic N) is 1. The van der Waals surface area contributed by atoms with Crippen molar-refractivity contribution in [2.75, 3.05) is 12.3 Å². The molecule has 0 spiro atoms. The number of allylic oxidation sites excluding steroid dienone is 4. The highest BCUT2D eigenvalue weighted by Gasteiger charge is 2.22. The van der Waals surface area contributed by atoms with Crippen LogP contribution in [0.3, 0.4) is 0 Å². The van der Waals surface area contributed by atoms with Crippen molar-refractivity contribution in [3.05, 3.63) is 40.5 Å². The van der Waals surface area contributed by atoms with Gasteiger partial charge in [-0.2, -0.15) is 16.8 Å². The number of rotatable bonds is 16. The lowest BCUT2D eigenvalue weighted by Crippen LogP contribution is -2.11. The van der Waals surface area contributed by atoms with Crippen molar-refractivity contribution in [2.45, 2.75) is 59.3 Å². The minimum absolute atomic E-state index is 0.0478. The number of carbonyl (C=O) groups is 1. The van der Waals surface area contributed by atoms with E-state index >= 15 is 0 Å². The van der Waals surface area contributed by atoms with Crippen molar-refractivity contribution in [1.82, 2.24) is 0 Å². The van der Waals surface area contributed by atoms with Gasteiger partial charge in [0.25, 0.3) is 10.1 Å². The second-order valence-corrected chi connectivity index (χ2v) is 11.5. The third kappa shape index (κ3) is 13.0. The maximum atomic E-state index is 11.4. The van der Waals surface area contributed by atoms with Crippen LogP contribution in [0.4, 0.5) is 0 Å². The summed E-state index contributed by atoms with van der Waals surface area (Å²) in [5.74, 6) is -3.86. The van der Waals surface area contributed by atoms with E-state index in [-0.39, 0.29) is 17.9 Å². The number of aromatic hydroxyl groups is 2. The lowest BCUT2D eigenvalue weighted by atomic mass is 10.00. The lowest BCUT2D eigenvalue weighted by Gasteiger charge is -2.14. The summed E-state index contributed by atoms with van der Waals surface area (Å²) in [6, 6.07) is 1.07. The molecule has 1 unspecified atom stereocenters. The van der Waals surface area contributed by atoms with Crippen molar-refractivity contribution in [1.29, 1.82) is 0 Å².